The van der Waals surface area contributed by atoms with Crippen LogP contribution < -0.4 is 4.90 Å². The third kappa shape index (κ3) is 2.78. The van der Waals surface area contributed by atoms with Gasteiger partial charge < -0.3 is 4.90 Å². The summed E-state index contributed by atoms with van der Waals surface area (Å²) in [6.07, 6.45) is 0. The summed E-state index contributed by atoms with van der Waals surface area (Å²) in [6.45, 7) is 0. The van der Waals surface area contributed by atoms with Crippen molar-refractivity contribution < 1.29 is 4.39 Å². The summed E-state index contributed by atoms with van der Waals surface area (Å²) in [6, 6.07) is 6.28. The van der Waals surface area contributed by atoms with Gasteiger partial charge in [-0.25, -0.2) is 4.39 Å². The summed E-state index contributed by atoms with van der Waals surface area (Å²) in [5.41, 5.74) is 0.308. The molecule has 0 radical (unpaired) electrons. The molecule has 0 atom stereocenters. The third-order valence-electron chi connectivity index (χ3n) is 2.04. The molecular formula is C11H9FN4S2. The van der Waals surface area contributed by atoms with Crippen LogP contribution in [0.3, 0.4) is 0 Å². The first kappa shape index (κ1) is 12.8. The van der Waals surface area contributed by atoms with Crippen molar-refractivity contribution in [1.82, 2.24) is 10.2 Å². The minimum Gasteiger partial charge on any atom is -0.353 e. The fourth-order valence-electron chi connectivity index (χ4n) is 1.17. The zero-order chi connectivity index (χ0) is 13.1. The average molecular weight is 280 g/mol. The van der Waals surface area contributed by atoms with E-state index in [0.29, 0.717) is 14.8 Å². The Morgan fingerprint density at radius 1 is 1.39 bits per heavy atom. The number of aromatic nitrogens is 2. The van der Waals surface area contributed by atoms with Crippen LogP contribution in [0.1, 0.15) is 5.56 Å². The van der Waals surface area contributed by atoms with Gasteiger partial charge in [-0.3, -0.25) is 0 Å². The lowest BCUT2D eigenvalue weighted by atomic mass is 10.2. The minimum absolute atomic E-state index is 0.308. The molecule has 0 fully saturated rings. The normalized spacial score (nSPS) is 10.1. The maximum absolute atomic E-state index is 13.7. The topological polar surface area (TPSA) is 52.8 Å². The van der Waals surface area contributed by atoms with Gasteiger partial charge in [0.25, 0.3) is 0 Å². The number of rotatable bonds is 3. The molecule has 0 aliphatic carbocycles. The van der Waals surface area contributed by atoms with Crippen molar-refractivity contribution in [2.45, 2.75) is 9.24 Å². The third-order valence-corrected chi connectivity index (χ3v) is 4.23. The molecule has 0 aliphatic heterocycles. The largest absolute Gasteiger partial charge is 0.353 e. The number of anilines is 1. The van der Waals surface area contributed by atoms with Crippen LogP contribution in [0.25, 0.3) is 0 Å². The van der Waals surface area contributed by atoms with Crippen LogP contribution in [-0.2, 0) is 0 Å². The molecule has 1 aromatic heterocycles. The number of halogens is 1. The molecule has 4 nitrogen and oxygen atoms in total. The van der Waals surface area contributed by atoms with Gasteiger partial charge in [-0.1, -0.05) is 23.1 Å². The average Bonchev–Trinajstić information content (AvgIpc) is 2.80. The van der Waals surface area contributed by atoms with E-state index < -0.39 is 5.82 Å². The highest BCUT2D eigenvalue weighted by atomic mass is 32.2. The summed E-state index contributed by atoms with van der Waals surface area (Å²) in [4.78, 5) is 2.28. The quantitative estimate of drug-likeness (QED) is 0.865. The highest BCUT2D eigenvalue weighted by Crippen LogP contribution is 2.34. The number of hydrogen-bond acceptors (Lipinski definition) is 6. The predicted molar refractivity (Wildman–Crippen MR) is 69.5 cm³/mol. The Kier molecular flexibility index (Phi) is 3.79. The highest BCUT2D eigenvalue weighted by molar-refractivity contribution is 8.01. The number of benzene rings is 1. The molecule has 7 heteroatoms. The number of hydrogen-bond donors (Lipinski definition) is 0. The molecule has 2 aromatic rings. The maximum Gasteiger partial charge on any atom is 0.208 e. The van der Waals surface area contributed by atoms with Crippen molar-refractivity contribution in [2.75, 3.05) is 19.0 Å². The second kappa shape index (κ2) is 5.33. The maximum atomic E-state index is 13.7. The molecule has 0 amide bonds. The number of nitriles is 1. The first-order chi connectivity index (χ1) is 8.60. The zero-order valence-electron chi connectivity index (χ0n) is 9.72. The van der Waals surface area contributed by atoms with Crippen LogP contribution in [0.2, 0.25) is 0 Å². The molecule has 0 unspecified atom stereocenters. The van der Waals surface area contributed by atoms with Gasteiger partial charge in [0.15, 0.2) is 4.34 Å². The van der Waals surface area contributed by atoms with Crippen molar-refractivity contribution in [2.24, 2.45) is 0 Å². The van der Waals surface area contributed by atoms with Crippen molar-refractivity contribution >= 4 is 28.2 Å². The molecule has 1 aromatic carbocycles. The van der Waals surface area contributed by atoms with Gasteiger partial charge in [-0.15, -0.1) is 10.2 Å². The molecular weight excluding hydrogens is 271 g/mol. The van der Waals surface area contributed by atoms with Crippen LogP contribution in [-0.4, -0.2) is 24.3 Å². The summed E-state index contributed by atoms with van der Waals surface area (Å²) in [5, 5.41) is 17.4. The van der Waals surface area contributed by atoms with Crippen LogP contribution in [0, 0.1) is 17.1 Å². The Morgan fingerprint density at radius 3 is 2.72 bits per heavy atom. The smallest absolute Gasteiger partial charge is 0.208 e. The lowest BCUT2D eigenvalue weighted by Crippen LogP contribution is -2.07. The molecule has 0 N–H and O–H groups in total. The van der Waals surface area contributed by atoms with Gasteiger partial charge in [0.1, 0.15) is 5.82 Å². The standard InChI is InChI=1S/C11H9FN4S2/c1-16(2)10-14-15-11(18-10)17-9-4-3-7(6-13)5-8(9)12/h3-5H,1-2H3. The molecule has 0 spiro atoms. The van der Waals surface area contributed by atoms with Gasteiger partial charge in [0.05, 0.1) is 16.5 Å². The van der Waals surface area contributed by atoms with Crippen molar-refractivity contribution in [1.29, 1.82) is 5.26 Å². The lowest BCUT2D eigenvalue weighted by molar-refractivity contribution is 0.601. The Hall–Kier alpha value is -1.65. The van der Waals surface area contributed by atoms with E-state index in [0.717, 1.165) is 5.13 Å². The second-order valence-corrected chi connectivity index (χ2v) is 5.85. The van der Waals surface area contributed by atoms with E-state index in [4.69, 9.17) is 5.26 Å². The summed E-state index contributed by atoms with van der Waals surface area (Å²) < 4.78 is 14.3. The zero-order valence-corrected chi connectivity index (χ0v) is 11.3. The van der Waals surface area contributed by atoms with Crippen LogP contribution in [0.5, 0.6) is 0 Å². The molecule has 1 heterocycles. The molecule has 92 valence electrons. The van der Waals surface area contributed by atoms with Crippen LogP contribution >= 0.6 is 23.1 Å². The lowest BCUT2D eigenvalue weighted by Gasteiger charge is -2.03. The van der Waals surface area contributed by atoms with Gasteiger partial charge in [0, 0.05) is 14.1 Å². The Morgan fingerprint density at radius 2 is 2.17 bits per heavy atom. The van der Waals surface area contributed by atoms with E-state index in [-0.39, 0.29) is 0 Å². The summed E-state index contributed by atoms with van der Waals surface area (Å²) >= 11 is 2.59. The minimum atomic E-state index is -0.416. The Bertz CT molecular complexity index is 603. The van der Waals surface area contributed by atoms with Gasteiger partial charge >= 0.3 is 0 Å². The Balaban J connectivity index is 2.21. The SMILES string of the molecule is CN(C)c1nnc(Sc2ccc(C#N)cc2F)s1. The van der Waals surface area contributed by atoms with Gasteiger partial charge in [0.2, 0.25) is 5.13 Å². The van der Waals surface area contributed by atoms with E-state index >= 15 is 0 Å². The van der Waals surface area contributed by atoms with Crippen LogP contribution in [0.4, 0.5) is 9.52 Å². The fraction of sp³-hybridized carbons (Fsp3) is 0.182. The molecule has 2 rings (SSSR count). The fourth-order valence-corrected chi connectivity index (χ4v) is 2.90. The van der Waals surface area contributed by atoms with E-state index in [1.54, 1.807) is 12.1 Å². The molecule has 0 aliphatic rings. The monoisotopic (exact) mass is 280 g/mol. The van der Waals surface area contributed by atoms with Gasteiger partial charge in [-0.05, 0) is 18.2 Å². The predicted octanol–water partition coefficient (Wildman–Crippen LogP) is 2.77. The first-order valence-electron chi connectivity index (χ1n) is 4.98. The molecule has 0 saturated heterocycles. The first-order valence-corrected chi connectivity index (χ1v) is 6.62. The molecule has 0 bridgehead atoms. The van der Waals surface area contributed by atoms with E-state index in [2.05, 4.69) is 10.2 Å². The molecule has 0 saturated carbocycles. The second-order valence-electron chi connectivity index (χ2n) is 3.60. The van der Waals surface area contributed by atoms with Crippen molar-refractivity contribution in [3.63, 3.8) is 0 Å². The number of nitrogens with zero attached hydrogens (tertiary/aromatic N) is 4. The van der Waals surface area contributed by atoms with E-state index in [1.807, 2.05) is 25.1 Å². The Labute approximate surface area is 112 Å². The van der Waals surface area contributed by atoms with Crippen molar-refractivity contribution in [3.8, 4) is 6.07 Å². The highest BCUT2D eigenvalue weighted by Gasteiger charge is 2.10. The summed E-state index contributed by atoms with van der Waals surface area (Å²) in [7, 11) is 3.74. The van der Waals surface area contributed by atoms with E-state index in [1.165, 1.54) is 29.2 Å². The van der Waals surface area contributed by atoms with Gasteiger partial charge in [-0.2, -0.15) is 5.26 Å². The van der Waals surface area contributed by atoms with Crippen LogP contribution in [0.15, 0.2) is 27.4 Å². The van der Waals surface area contributed by atoms with E-state index in [9.17, 15) is 4.39 Å². The summed E-state index contributed by atoms with van der Waals surface area (Å²) in [5.74, 6) is -0.416. The van der Waals surface area contributed by atoms with Crippen molar-refractivity contribution in [3.05, 3.63) is 29.6 Å². The molecule has 18 heavy (non-hydrogen) atoms.